The number of aryl methyl sites for hydroxylation is 2. The van der Waals surface area contributed by atoms with E-state index in [1.54, 1.807) is 12.7 Å². The molecule has 8 nitrogen and oxygen atoms in total. The van der Waals surface area contributed by atoms with E-state index in [2.05, 4.69) is 66.3 Å². The van der Waals surface area contributed by atoms with Gasteiger partial charge in [0.1, 0.15) is 24.3 Å². The molecule has 0 aliphatic rings. The zero-order chi connectivity index (χ0) is 24.0. The second kappa shape index (κ2) is 6.79. The number of hydrogen-bond acceptors (Lipinski definition) is 6. The minimum Gasteiger partial charge on any atom is -0.340 e. The van der Waals surface area contributed by atoms with Gasteiger partial charge in [-0.1, -0.05) is 24.3 Å². The highest BCUT2D eigenvalue weighted by Crippen LogP contribution is 2.38. The van der Waals surface area contributed by atoms with Crippen LogP contribution in [0.1, 0.15) is 11.6 Å². The van der Waals surface area contributed by atoms with Crippen molar-refractivity contribution < 1.29 is 0 Å². The highest BCUT2D eigenvalue weighted by atomic mass is 14.9. The van der Waals surface area contributed by atoms with E-state index < -0.39 is 0 Å². The molecule has 8 rings (SSSR count). The zero-order valence-corrected chi connectivity index (χ0v) is 19.5. The molecule has 4 aromatic heterocycles. The first-order valence-electron chi connectivity index (χ1n) is 11.7. The van der Waals surface area contributed by atoms with Crippen LogP contribution in [0.15, 0.2) is 61.4 Å². The quantitative estimate of drug-likeness (QED) is 0.291. The standard InChI is InChI=1S/C28H18N8/c1-13-33-25-17-5-3-15(7-19(17)21-9-29-11-31-23(21)27(25)35-13)16-4-6-18-20(8-16)22-10-30-12-32-24(22)28-26(18)34-14(2)36-28/h3-12H,1-2H3,(H,33,35)(H,34,36). The summed E-state index contributed by atoms with van der Waals surface area (Å²) >= 11 is 0. The number of imidazole rings is 2. The van der Waals surface area contributed by atoms with Crippen molar-refractivity contribution in [1.82, 2.24) is 39.9 Å². The first-order chi connectivity index (χ1) is 17.7. The number of aromatic amines is 2. The van der Waals surface area contributed by atoms with Crippen LogP contribution < -0.4 is 0 Å². The van der Waals surface area contributed by atoms with Crippen LogP contribution in [-0.4, -0.2) is 39.9 Å². The van der Waals surface area contributed by atoms with Gasteiger partial charge in [0, 0.05) is 33.9 Å². The molecule has 170 valence electrons. The molecular weight excluding hydrogens is 448 g/mol. The van der Waals surface area contributed by atoms with Gasteiger partial charge in [-0.2, -0.15) is 0 Å². The average Bonchev–Trinajstić information content (AvgIpc) is 3.51. The zero-order valence-electron chi connectivity index (χ0n) is 19.5. The monoisotopic (exact) mass is 466 g/mol. The number of H-pyrrole nitrogens is 2. The molecule has 0 amide bonds. The van der Waals surface area contributed by atoms with Gasteiger partial charge in [0.2, 0.25) is 0 Å². The number of fused-ring (bicyclic) bond motifs is 12. The van der Waals surface area contributed by atoms with E-state index in [-0.39, 0.29) is 0 Å². The molecule has 0 unspecified atom stereocenters. The molecule has 8 aromatic rings. The van der Waals surface area contributed by atoms with Gasteiger partial charge in [-0.25, -0.2) is 29.9 Å². The summed E-state index contributed by atoms with van der Waals surface area (Å²) in [4.78, 5) is 34.0. The second-order valence-electron chi connectivity index (χ2n) is 9.18. The molecule has 0 radical (unpaired) electrons. The van der Waals surface area contributed by atoms with Gasteiger partial charge in [-0.15, -0.1) is 0 Å². The lowest BCUT2D eigenvalue weighted by Crippen LogP contribution is -1.89. The van der Waals surface area contributed by atoms with Crippen molar-refractivity contribution in [2.75, 3.05) is 0 Å². The van der Waals surface area contributed by atoms with Crippen LogP contribution in [-0.2, 0) is 0 Å². The van der Waals surface area contributed by atoms with Gasteiger partial charge in [0.05, 0.1) is 33.1 Å². The summed E-state index contributed by atoms with van der Waals surface area (Å²) in [5.74, 6) is 1.73. The molecular formula is C28H18N8. The number of benzene rings is 4. The lowest BCUT2D eigenvalue weighted by atomic mass is 9.95. The van der Waals surface area contributed by atoms with E-state index in [1.165, 1.54) is 0 Å². The Bertz CT molecular complexity index is 2030. The number of nitrogens with one attached hydrogen (secondary N) is 2. The van der Waals surface area contributed by atoms with E-state index in [1.807, 2.05) is 26.2 Å². The van der Waals surface area contributed by atoms with Gasteiger partial charge in [-0.05, 0) is 47.9 Å². The normalized spacial score (nSPS) is 12.2. The third-order valence-electron chi connectivity index (χ3n) is 7.01. The van der Waals surface area contributed by atoms with Crippen molar-refractivity contribution in [3.8, 4) is 11.1 Å². The van der Waals surface area contributed by atoms with Crippen molar-refractivity contribution in [2.45, 2.75) is 13.8 Å². The van der Waals surface area contributed by atoms with Crippen molar-refractivity contribution in [1.29, 1.82) is 0 Å². The minimum absolute atomic E-state index is 0.866. The lowest BCUT2D eigenvalue weighted by molar-refractivity contribution is 1.17. The lowest BCUT2D eigenvalue weighted by Gasteiger charge is -2.10. The number of hydrogen-bond donors (Lipinski definition) is 2. The molecule has 0 saturated carbocycles. The van der Waals surface area contributed by atoms with Crippen LogP contribution in [0.25, 0.3) is 76.5 Å². The van der Waals surface area contributed by atoms with Crippen LogP contribution in [0.2, 0.25) is 0 Å². The van der Waals surface area contributed by atoms with E-state index in [0.717, 1.165) is 88.2 Å². The molecule has 8 heteroatoms. The SMILES string of the molecule is Cc1nc2c3ccc(-c4ccc5c(c4)c4cncnc4c4[nH]c(C)nc54)cc3c3cncnc3c2[nH]1. The van der Waals surface area contributed by atoms with E-state index in [9.17, 15) is 0 Å². The fourth-order valence-electron chi connectivity index (χ4n) is 5.47. The Balaban J connectivity index is 1.45. The highest BCUT2D eigenvalue weighted by molar-refractivity contribution is 6.24. The van der Waals surface area contributed by atoms with Gasteiger partial charge in [0.25, 0.3) is 0 Å². The van der Waals surface area contributed by atoms with Crippen molar-refractivity contribution in [2.24, 2.45) is 0 Å². The fourth-order valence-corrected chi connectivity index (χ4v) is 5.47. The maximum absolute atomic E-state index is 4.76. The van der Waals surface area contributed by atoms with Crippen molar-refractivity contribution in [3.63, 3.8) is 0 Å². The maximum atomic E-state index is 4.76. The number of rotatable bonds is 1. The number of nitrogens with zero attached hydrogens (tertiary/aromatic N) is 6. The first-order valence-corrected chi connectivity index (χ1v) is 11.7. The Labute approximate surface area is 203 Å². The second-order valence-corrected chi connectivity index (χ2v) is 9.18. The average molecular weight is 467 g/mol. The van der Waals surface area contributed by atoms with Crippen LogP contribution in [0.4, 0.5) is 0 Å². The summed E-state index contributed by atoms with van der Waals surface area (Å²) < 4.78 is 0. The molecule has 4 heterocycles. The van der Waals surface area contributed by atoms with Crippen LogP contribution in [0.5, 0.6) is 0 Å². The Morgan fingerprint density at radius 2 is 1.00 bits per heavy atom. The Morgan fingerprint density at radius 1 is 0.528 bits per heavy atom. The molecule has 0 saturated heterocycles. The largest absolute Gasteiger partial charge is 0.340 e. The third kappa shape index (κ3) is 2.52. The Morgan fingerprint density at radius 3 is 1.47 bits per heavy atom. The van der Waals surface area contributed by atoms with E-state index >= 15 is 0 Å². The van der Waals surface area contributed by atoms with Gasteiger partial charge in [0.15, 0.2) is 0 Å². The maximum Gasteiger partial charge on any atom is 0.116 e. The predicted octanol–water partition coefficient (Wildman–Crippen LogP) is 5.92. The molecule has 36 heavy (non-hydrogen) atoms. The van der Waals surface area contributed by atoms with Crippen LogP contribution in [0.3, 0.4) is 0 Å². The van der Waals surface area contributed by atoms with Crippen LogP contribution in [0, 0.1) is 13.8 Å². The molecule has 0 atom stereocenters. The minimum atomic E-state index is 0.866. The Kier molecular flexibility index (Phi) is 3.65. The molecule has 0 bridgehead atoms. The van der Waals surface area contributed by atoms with Crippen LogP contribution >= 0.6 is 0 Å². The molecule has 0 spiro atoms. The summed E-state index contributed by atoms with van der Waals surface area (Å²) in [6.07, 6.45) is 6.93. The summed E-state index contributed by atoms with van der Waals surface area (Å²) in [5, 5.41) is 6.31. The fraction of sp³-hybridized carbons (Fsp3) is 0.0714. The van der Waals surface area contributed by atoms with Gasteiger partial charge < -0.3 is 9.97 Å². The molecule has 0 aliphatic heterocycles. The summed E-state index contributed by atoms with van der Waals surface area (Å²) in [7, 11) is 0. The molecule has 0 fully saturated rings. The van der Waals surface area contributed by atoms with Crippen molar-refractivity contribution in [3.05, 3.63) is 73.1 Å². The number of aromatic nitrogens is 8. The smallest absolute Gasteiger partial charge is 0.116 e. The van der Waals surface area contributed by atoms with Gasteiger partial charge >= 0.3 is 0 Å². The molecule has 2 N–H and O–H groups in total. The Hall–Kier alpha value is -4.98. The summed E-state index contributed by atoms with van der Waals surface area (Å²) in [5.41, 5.74) is 7.71. The predicted molar refractivity (Wildman–Crippen MR) is 142 cm³/mol. The summed E-state index contributed by atoms with van der Waals surface area (Å²) in [6.45, 7) is 3.93. The van der Waals surface area contributed by atoms with E-state index in [4.69, 9.17) is 9.97 Å². The first kappa shape index (κ1) is 19.3. The third-order valence-corrected chi connectivity index (χ3v) is 7.01. The van der Waals surface area contributed by atoms with E-state index in [0.29, 0.717) is 0 Å². The molecule has 0 aliphatic carbocycles. The highest BCUT2D eigenvalue weighted by Gasteiger charge is 2.16. The summed E-state index contributed by atoms with van der Waals surface area (Å²) in [6, 6.07) is 13.0. The van der Waals surface area contributed by atoms with Crippen molar-refractivity contribution >= 4 is 65.4 Å². The van der Waals surface area contributed by atoms with Gasteiger partial charge in [-0.3, -0.25) is 0 Å². The topological polar surface area (TPSA) is 109 Å². The molecule has 4 aromatic carbocycles.